The second kappa shape index (κ2) is 8.15. The van der Waals surface area contributed by atoms with Gasteiger partial charge in [-0.2, -0.15) is 5.10 Å². The third-order valence-corrected chi connectivity index (χ3v) is 5.73. The lowest BCUT2D eigenvalue weighted by Gasteiger charge is -2.19. The van der Waals surface area contributed by atoms with Crippen molar-refractivity contribution in [3.8, 4) is 11.5 Å². The molecule has 0 bridgehead atoms. The summed E-state index contributed by atoms with van der Waals surface area (Å²) in [6.45, 7) is 3.81. The van der Waals surface area contributed by atoms with Crippen LogP contribution in [0.5, 0.6) is 0 Å². The number of para-hydroxylation sites is 1. The molecule has 170 valence electrons. The number of carbonyl (C=O) groups is 1. The van der Waals surface area contributed by atoms with E-state index in [1.54, 1.807) is 47.3 Å². The van der Waals surface area contributed by atoms with Crippen molar-refractivity contribution in [1.82, 2.24) is 14.8 Å². The van der Waals surface area contributed by atoms with E-state index in [9.17, 15) is 14.7 Å². The van der Waals surface area contributed by atoms with Crippen molar-refractivity contribution in [2.45, 2.75) is 19.9 Å². The van der Waals surface area contributed by atoms with E-state index in [0.29, 0.717) is 33.6 Å². The third-order valence-electron chi connectivity index (χ3n) is 5.73. The van der Waals surface area contributed by atoms with Crippen molar-refractivity contribution >= 4 is 33.7 Å². The van der Waals surface area contributed by atoms with Crippen molar-refractivity contribution in [1.29, 1.82) is 0 Å². The molecule has 2 N–H and O–H groups in total. The standard InChI is InChI=1S/C26H22N4O4/c1-14-10-17(15(2)27-19-7-5-4-6-16(19)26(32)33)25-18(11-14)23(31)12-24(34-25)21-9-8-20-22(28-21)13-30(3)29-20/h4-13,15,27H,1-3H3,(H,32,33)/t15-/m1/s1. The Bertz CT molecular complexity index is 1630. The van der Waals surface area contributed by atoms with Gasteiger partial charge in [-0.05, 0) is 49.7 Å². The highest BCUT2D eigenvalue weighted by atomic mass is 16.4. The highest BCUT2D eigenvalue weighted by Gasteiger charge is 2.19. The second-order valence-electron chi connectivity index (χ2n) is 8.33. The van der Waals surface area contributed by atoms with Crippen LogP contribution in [0.1, 0.15) is 34.5 Å². The zero-order chi connectivity index (χ0) is 24.0. The maximum atomic E-state index is 13.1. The predicted molar refractivity (Wildman–Crippen MR) is 130 cm³/mol. The summed E-state index contributed by atoms with van der Waals surface area (Å²) in [6.07, 6.45) is 1.80. The Morgan fingerprint density at radius 1 is 1.12 bits per heavy atom. The minimum atomic E-state index is -1.02. The summed E-state index contributed by atoms with van der Waals surface area (Å²) in [5.74, 6) is -0.665. The SMILES string of the molecule is Cc1cc([C@@H](C)Nc2ccccc2C(=O)O)c2oc(-c3ccc4nn(C)cc4n3)cc(=O)c2c1. The van der Waals surface area contributed by atoms with Crippen LogP contribution in [0.2, 0.25) is 0 Å². The molecule has 0 spiro atoms. The Morgan fingerprint density at radius 3 is 2.71 bits per heavy atom. The molecule has 0 aliphatic rings. The molecule has 5 rings (SSSR count). The zero-order valence-electron chi connectivity index (χ0n) is 18.9. The molecule has 3 aromatic heterocycles. The zero-order valence-corrected chi connectivity index (χ0v) is 18.9. The van der Waals surface area contributed by atoms with Gasteiger partial charge in [-0.25, -0.2) is 9.78 Å². The molecular weight excluding hydrogens is 432 g/mol. The van der Waals surface area contributed by atoms with Gasteiger partial charge in [0.2, 0.25) is 0 Å². The van der Waals surface area contributed by atoms with E-state index in [1.807, 2.05) is 33.0 Å². The molecule has 0 unspecified atom stereocenters. The number of nitrogens with zero attached hydrogens (tertiary/aromatic N) is 3. The molecule has 34 heavy (non-hydrogen) atoms. The lowest BCUT2D eigenvalue weighted by atomic mass is 10.0. The van der Waals surface area contributed by atoms with Crippen LogP contribution in [0.15, 0.2) is 70.0 Å². The van der Waals surface area contributed by atoms with Crippen LogP contribution in [0.4, 0.5) is 5.69 Å². The second-order valence-corrected chi connectivity index (χ2v) is 8.33. The molecule has 8 nitrogen and oxygen atoms in total. The molecule has 3 heterocycles. The summed E-state index contributed by atoms with van der Waals surface area (Å²) in [5.41, 5.74) is 4.55. The molecule has 5 aromatic rings. The van der Waals surface area contributed by atoms with Gasteiger partial charge in [0, 0.05) is 24.4 Å². The Kier molecular flexibility index (Phi) is 5.13. The van der Waals surface area contributed by atoms with Gasteiger partial charge >= 0.3 is 5.97 Å². The molecule has 0 aliphatic carbocycles. The lowest BCUT2D eigenvalue weighted by Crippen LogP contribution is -2.12. The number of pyridine rings is 1. The summed E-state index contributed by atoms with van der Waals surface area (Å²) in [4.78, 5) is 29.3. The molecule has 0 aliphatic heterocycles. The van der Waals surface area contributed by atoms with Gasteiger partial charge in [0.25, 0.3) is 0 Å². The smallest absolute Gasteiger partial charge is 0.337 e. The molecule has 0 fully saturated rings. The first-order valence-electron chi connectivity index (χ1n) is 10.8. The fourth-order valence-electron chi connectivity index (χ4n) is 4.15. The minimum absolute atomic E-state index is 0.169. The van der Waals surface area contributed by atoms with Crippen LogP contribution in [0.25, 0.3) is 33.5 Å². The van der Waals surface area contributed by atoms with Crippen LogP contribution in [0.3, 0.4) is 0 Å². The quantitative estimate of drug-likeness (QED) is 0.388. The largest absolute Gasteiger partial charge is 0.478 e. The number of aryl methyl sites for hydroxylation is 2. The Labute approximate surface area is 194 Å². The van der Waals surface area contributed by atoms with Crippen LogP contribution in [-0.2, 0) is 7.05 Å². The molecule has 2 aromatic carbocycles. The summed E-state index contributed by atoms with van der Waals surface area (Å²) >= 11 is 0. The molecular formula is C26H22N4O4. The van der Waals surface area contributed by atoms with Crippen LogP contribution in [-0.4, -0.2) is 25.8 Å². The first-order chi connectivity index (χ1) is 16.3. The lowest BCUT2D eigenvalue weighted by molar-refractivity contribution is 0.0698. The number of carboxylic acids is 1. The molecule has 0 saturated carbocycles. The van der Waals surface area contributed by atoms with E-state index >= 15 is 0 Å². The number of fused-ring (bicyclic) bond motifs is 2. The van der Waals surface area contributed by atoms with Gasteiger partial charge in [0.1, 0.15) is 22.3 Å². The number of nitrogens with one attached hydrogen (secondary N) is 1. The first kappa shape index (κ1) is 21.4. The van der Waals surface area contributed by atoms with Crippen molar-refractivity contribution in [3.05, 3.63) is 87.7 Å². The van der Waals surface area contributed by atoms with Gasteiger partial charge in [0.05, 0.1) is 23.2 Å². The fraction of sp³-hybridized carbons (Fsp3) is 0.154. The van der Waals surface area contributed by atoms with Gasteiger partial charge < -0.3 is 14.8 Å². The maximum absolute atomic E-state index is 13.1. The topological polar surface area (TPSA) is 110 Å². The maximum Gasteiger partial charge on any atom is 0.337 e. The number of aromatic carboxylic acids is 1. The number of anilines is 1. The fourth-order valence-corrected chi connectivity index (χ4v) is 4.15. The number of benzene rings is 2. The highest BCUT2D eigenvalue weighted by Crippen LogP contribution is 2.31. The monoisotopic (exact) mass is 454 g/mol. The Balaban J connectivity index is 1.64. The molecule has 1 atom stereocenters. The normalized spacial score (nSPS) is 12.2. The van der Waals surface area contributed by atoms with Gasteiger partial charge in [-0.1, -0.05) is 18.2 Å². The number of hydrogen-bond donors (Lipinski definition) is 2. The highest BCUT2D eigenvalue weighted by molar-refractivity contribution is 5.94. The third kappa shape index (κ3) is 3.79. The average Bonchev–Trinajstić information content (AvgIpc) is 3.18. The molecule has 0 saturated heterocycles. The van der Waals surface area contributed by atoms with Crippen molar-refractivity contribution in [2.75, 3.05) is 5.32 Å². The van der Waals surface area contributed by atoms with Crippen molar-refractivity contribution in [3.63, 3.8) is 0 Å². The van der Waals surface area contributed by atoms with E-state index in [2.05, 4.69) is 15.4 Å². The van der Waals surface area contributed by atoms with E-state index < -0.39 is 5.97 Å². The van der Waals surface area contributed by atoms with E-state index in [1.165, 1.54) is 6.07 Å². The summed E-state index contributed by atoms with van der Waals surface area (Å²) in [7, 11) is 1.82. The van der Waals surface area contributed by atoms with Gasteiger partial charge in [-0.3, -0.25) is 9.48 Å². The van der Waals surface area contributed by atoms with Crippen LogP contribution >= 0.6 is 0 Å². The average molecular weight is 454 g/mol. The number of rotatable bonds is 5. The minimum Gasteiger partial charge on any atom is -0.478 e. The number of aromatic nitrogens is 3. The van der Waals surface area contributed by atoms with Crippen LogP contribution < -0.4 is 10.7 Å². The van der Waals surface area contributed by atoms with Gasteiger partial charge in [-0.15, -0.1) is 0 Å². The van der Waals surface area contributed by atoms with E-state index in [0.717, 1.165) is 16.6 Å². The summed E-state index contributed by atoms with van der Waals surface area (Å²) < 4.78 is 7.94. The summed E-state index contributed by atoms with van der Waals surface area (Å²) in [5, 5.41) is 17.6. The molecule has 0 amide bonds. The summed E-state index contributed by atoms with van der Waals surface area (Å²) in [6, 6.07) is 15.2. The number of carboxylic acid groups (broad SMARTS) is 1. The van der Waals surface area contributed by atoms with Crippen molar-refractivity contribution in [2.24, 2.45) is 7.05 Å². The Hall–Kier alpha value is -4.46. The predicted octanol–water partition coefficient (Wildman–Crippen LogP) is 4.92. The van der Waals surface area contributed by atoms with E-state index in [4.69, 9.17) is 4.42 Å². The Morgan fingerprint density at radius 2 is 1.91 bits per heavy atom. The first-order valence-corrected chi connectivity index (χ1v) is 10.8. The number of hydrogen-bond acceptors (Lipinski definition) is 6. The molecule has 0 radical (unpaired) electrons. The van der Waals surface area contributed by atoms with Crippen LogP contribution in [0, 0.1) is 6.92 Å². The van der Waals surface area contributed by atoms with Gasteiger partial charge in [0.15, 0.2) is 11.2 Å². The van der Waals surface area contributed by atoms with Crippen molar-refractivity contribution < 1.29 is 14.3 Å². The molecule has 8 heteroatoms. The van der Waals surface area contributed by atoms with E-state index in [-0.39, 0.29) is 17.0 Å².